The summed E-state index contributed by atoms with van der Waals surface area (Å²) in [6, 6.07) is 5.12. The Hall–Kier alpha value is -1.71. The first kappa shape index (κ1) is 10.8. The molecular formula is C12H14FN3. The number of halogens is 1. The fourth-order valence-electron chi connectivity index (χ4n) is 1.76. The van der Waals surface area contributed by atoms with Crippen LogP contribution in [0.2, 0.25) is 0 Å². The van der Waals surface area contributed by atoms with Crippen molar-refractivity contribution >= 4 is 11.5 Å². The summed E-state index contributed by atoms with van der Waals surface area (Å²) >= 11 is 0. The average molecular weight is 219 g/mol. The van der Waals surface area contributed by atoms with Crippen molar-refractivity contribution in [3.63, 3.8) is 0 Å². The van der Waals surface area contributed by atoms with Crippen LogP contribution in [0.5, 0.6) is 0 Å². The maximum Gasteiger partial charge on any atom is 0.126 e. The minimum absolute atomic E-state index is 0.180. The minimum atomic E-state index is -0.213. The predicted molar refractivity (Wildman–Crippen MR) is 63.1 cm³/mol. The van der Waals surface area contributed by atoms with Gasteiger partial charge in [-0.05, 0) is 18.6 Å². The molecule has 1 heterocycles. The molecule has 0 amide bonds. The van der Waals surface area contributed by atoms with E-state index in [1.165, 1.54) is 6.07 Å². The van der Waals surface area contributed by atoms with Crippen molar-refractivity contribution in [1.82, 2.24) is 0 Å². The molecule has 1 atom stereocenters. The first-order chi connectivity index (χ1) is 7.58. The molecule has 0 bridgehead atoms. The SMILES string of the molecule is Cc1ccc(C2=NN=C(N)CC2C)cc1F. The number of amidine groups is 1. The van der Waals surface area contributed by atoms with E-state index in [0.29, 0.717) is 17.8 Å². The van der Waals surface area contributed by atoms with Crippen molar-refractivity contribution in [2.24, 2.45) is 21.9 Å². The lowest BCUT2D eigenvalue weighted by molar-refractivity contribution is 0.618. The molecule has 3 nitrogen and oxygen atoms in total. The summed E-state index contributed by atoms with van der Waals surface area (Å²) in [5, 5.41) is 7.90. The summed E-state index contributed by atoms with van der Waals surface area (Å²) in [6.45, 7) is 3.75. The Labute approximate surface area is 93.9 Å². The fourth-order valence-corrected chi connectivity index (χ4v) is 1.76. The molecule has 0 aromatic heterocycles. The summed E-state index contributed by atoms with van der Waals surface area (Å²) in [7, 11) is 0. The van der Waals surface area contributed by atoms with Gasteiger partial charge in [0.25, 0.3) is 0 Å². The monoisotopic (exact) mass is 219 g/mol. The van der Waals surface area contributed by atoms with Crippen molar-refractivity contribution in [3.05, 3.63) is 35.1 Å². The van der Waals surface area contributed by atoms with Crippen LogP contribution in [-0.2, 0) is 0 Å². The van der Waals surface area contributed by atoms with Crippen LogP contribution in [0.3, 0.4) is 0 Å². The van der Waals surface area contributed by atoms with Gasteiger partial charge in [-0.1, -0.05) is 19.1 Å². The van der Waals surface area contributed by atoms with Crippen LogP contribution < -0.4 is 5.73 Å². The Morgan fingerprint density at radius 1 is 1.38 bits per heavy atom. The highest BCUT2D eigenvalue weighted by atomic mass is 19.1. The zero-order chi connectivity index (χ0) is 11.7. The van der Waals surface area contributed by atoms with Gasteiger partial charge >= 0.3 is 0 Å². The summed E-state index contributed by atoms with van der Waals surface area (Å²) in [6.07, 6.45) is 0.675. The molecule has 0 saturated heterocycles. The van der Waals surface area contributed by atoms with Crippen LogP contribution in [0.25, 0.3) is 0 Å². The van der Waals surface area contributed by atoms with E-state index >= 15 is 0 Å². The maximum atomic E-state index is 13.4. The second kappa shape index (κ2) is 4.04. The number of hydrogen-bond acceptors (Lipinski definition) is 3. The molecular weight excluding hydrogens is 205 g/mol. The smallest absolute Gasteiger partial charge is 0.126 e. The molecule has 1 aliphatic heterocycles. The Morgan fingerprint density at radius 2 is 2.12 bits per heavy atom. The third kappa shape index (κ3) is 1.96. The highest BCUT2D eigenvalue weighted by Crippen LogP contribution is 2.19. The molecule has 0 radical (unpaired) electrons. The second-order valence-corrected chi connectivity index (χ2v) is 4.15. The number of benzene rings is 1. The second-order valence-electron chi connectivity index (χ2n) is 4.15. The molecule has 0 saturated carbocycles. The molecule has 0 aliphatic carbocycles. The lowest BCUT2D eigenvalue weighted by Crippen LogP contribution is -2.25. The van der Waals surface area contributed by atoms with Crippen molar-refractivity contribution < 1.29 is 4.39 Å². The van der Waals surface area contributed by atoms with E-state index in [1.807, 2.05) is 13.0 Å². The quantitative estimate of drug-likeness (QED) is 0.773. The molecule has 1 aromatic carbocycles. The Balaban J connectivity index is 2.41. The standard InChI is InChI=1S/C12H14FN3/c1-7-3-4-9(6-10(7)13)12-8(2)5-11(14)15-16-12/h3-4,6,8H,5H2,1-2H3,(H2,14,15). The van der Waals surface area contributed by atoms with E-state index in [1.54, 1.807) is 13.0 Å². The molecule has 4 heteroatoms. The van der Waals surface area contributed by atoms with Crippen LogP contribution in [0.1, 0.15) is 24.5 Å². The van der Waals surface area contributed by atoms with Gasteiger partial charge in [0.15, 0.2) is 0 Å². The lowest BCUT2D eigenvalue weighted by Gasteiger charge is -2.17. The molecule has 0 fully saturated rings. The van der Waals surface area contributed by atoms with Crippen LogP contribution >= 0.6 is 0 Å². The molecule has 2 rings (SSSR count). The van der Waals surface area contributed by atoms with E-state index in [2.05, 4.69) is 10.2 Å². The van der Waals surface area contributed by atoms with Crippen molar-refractivity contribution in [1.29, 1.82) is 0 Å². The summed E-state index contributed by atoms with van der Waals surface area (Å²) in [4.78, 5) is 0. The predicted octanol–water partition coefficient (Wildman–Crippen LogP) is 2.24. The maximum absolute atomic E-state index is 13.4. The van der Waals surface area contributed by atoms with Gasteiger partial charge in [0.2, 0.25) is 0 Å². The van der Waals surface area contributed by atoms with Gasteiger partial charge in [0.05, 0.1) is 5.71 Å². The summed E-state index contributed by atoms with van der Waals surface area (Å²) in [5.41, 5.74) is 7.81. The summed E-state index contributed by atoms with van der Waals surface area (Å²) < 4.78 is 13.4. The first-order valence-electron chi connectivity index (χ1n) is 5.24. The highest BCUT2D eigenvalue weighted by Gasteiger charge is 2.19. The zero-order valence-electron chi connectivity index (χ0n) is 9.37. The van der Waals surface area contributed by atoms with Crippen LogP contribution in [-0.4, -0.2) is 11.5 Å². The van der Waals surface area contributed by atoms with Gasteiger partial charge in [-0.2, -0.15) is 5.10 Å². The molecule has 0 spiro atoms. The zero-order valence-corrected chi connectivity index (χ0v) is 9.37. The van der Waals surface area contributed by atoms with E-state index in [-0.39, 0.29) is 11.7 Å². The van der Waals surface area contributed by atoms with E-state index in [0.717, 1.165) is 11.3 Å². The third-order valence-corrected chi connectivity index (χ3v) is 2.74. The van der Waals surface area contributed by atoms with E-state index in [9.17, 15) is 4.39 Å². The lowest BCUT2D eigenvalue weighted by atomic mass is 9.94. The topological polar surface area (TPSA) is 50.7 Å². The van der Waals surface area contributed by atoms with Gasteiger partial charge in [-0.15, -0.1) is 5.10 Å². The minimum Gasteiger partial charge on any atom is -0.386 e. The average Bonchev–Trinajstić information content (AvgIpc) is 2.22. The highest BCUT2D eigenvalue weighted by molar-refractivity contribution is 6.05. The number of rotatable bonds is 1. The first-order valence-corrected chi connectivity index (χ1v) is 5.24. The molecule has 1 aliphatic rings. The van der Waals surface area contributed by atoms with Crippen molar-refractivity contribution in [2.45, 2.75) is 20.3 Å². The Morgan fingerprint density at radius 3 is 2.75 bits per heavy atom. The van der Waals surface area contributed by atoms with Gasteiger partial charge < -0.3 is 5.73 Å². The van der Waals surface area contributed by atoms with E-state index in [4.69, 9.17) is 5.73 Å². The molecule has 1 aromatic rings. The fraction of sp³-hybridized carbons (Fsp3) is 0.333. The molecule has 1 unspecified atom stereocenters. The summed E-state index contributed by atoms with van der Waals surface area (Å²) in [5.74, 6) is 0.498. The Kier molecular flexibility index (Phi) is 2.73. The number of hydrogen-bond donors (Lipinski definition) is 1. The third-order valence-electron chi connectivity index (χ3n) is 2.74. The largest absolute Gasteiger partial charge is 0.386 e. The van der Waals surface area contributed by atoms with Gasteiger partial charge in [0.1, 0.15) is 11.7 Å². The number of nitrogens with two attached hydrogens (primary N) is 1. The van der Waals surface area contributed by atoms with Crippen molar-refractivity contribution in [2.75, 3.05) is 0 Å². The van der Waals surface area contributed by atoms with Crippen LogP contribution in [0.15, 0.2) is 28.4 Å². The molecule has 2 N–H and O–H groups in total. The van der Waals surface area contributed by atoms with Gasteiger partial charge in [0, 0.05) is 17.9 Å². The van der Waals surface area contributed by atoms with Gasteiger partial charge in [-0.25, -0.2) is 4.39 Å². The van der Waals surface area contributed by atoms with E-state index < -0.39 is 0 Å². The normalized spacial score (nSPS) is 20.3. The number of aryl methyl sites for hydroxylation is 1. The van der Waals surface area contributed by atoms with Crippen molar-refractivity contribution in [3.8, 4) is 0 Å². The van der Waals surface area contributed by atoms with Gasteiger partial charge in [-0.3, -0.25) is 0 Å². The van der Waals surface area contributed by atoms with Crippen LogP contribution in [0, 0.1) is 18.7 Å². The van der Waals surface area contributed by atoms with Crippen LogP contribution in [0.4, 0.5) is 4.39 Å². The molecule has 84 valence electrons. The molecule has 16 heavy (non-hydrogen) atoms. The Bertz CT molecular complexity index is 477. The number of nitrogens with zero attached hydrogens (tertiary/aromatic N) is 2.